The zero-order chi connectivity index (χ0) is 11.3. The van der Waals surface area contributed by atoms with Gasteiger partial charge in [0, 0.05) is 19.0 Å². The second kappa shape index (κ2) is 6.11. The summed E-state index contributed by atoms with van der Waals surface area (Å²) in [6.45, 7) is 5.00. The van der Waals surface area contributed by atoms with Gasteiger partial charge in [0.05, 0.1) is 0 Å². The number of carbonyl (C=O) groups is 1. The number of nitrogens with one attached hydrogen (secondary N) is 1. The molecule has 0 bridgehead atoms. The van der Waals surface area contributed by atoms with E-state index in [1.54, 1.807) is 0 Å². The minimum Gasteiger partial charge on any atom is -0.356 e. The van der Waals surface area contributed by atoms with E-state index in [9.17, 15) is 4.79 Å². The quantitative estimate of drug-likeness (QED) is 0.744. The van der Waals surface area contributed by atoms with Crippen molar-refractivity contribution in [2.24, 2.45) is 17.6 Å². The summed E-state index contributed by atoms with van der Waals surface area (Å²) in [5.74, 6) is 1.54. The molecule has 0 spiro atoms. The summed E-state index contributed by atoms with van der Waals surface area (Å²) in [6.07, 6.45) is 5.69. The van der Waals surface area contributed by atoms with Crippen molar-refractivity contribution < 1.29 is 4.79 Å². The molecular formula is C12H24N2O. The minimum atomic E-state index is -0.0335. The van der Waals surface area contributed by atoms with Crippen LogP contribution in [0.15, 0.2) is 0 Å². The first-order chi connectivity index (χ1) is 7.09. The summed E-state index contributed by atoms with van der Waals surface area (Å²) >= 11 is 0. The smallest absolute Gasteiger partial charge is 0.221 e. The van der Waals surface area contributed by atoms with Gasteiger partial charge in [-0.25, -0.2) is 0 Å². The molecule has 0 saturated heterocycles. The maximum Gasteiger partial charge on any atom is 0.221 e. The van der Waals surface area contributed by atoms with Crippen LogP contribution in [0.4, 0.5) is 0 Å². The van der Waals surface area contributed by atoms with Crippen molar-refractivity contribution >= 4 is 5.91 Å². The van der Waals surface area contributed by atoms with Crippen molar-refractivity contribution in [3.63, 3.8) is 0 Å². The highest BCUT2D eigenvalue weighted by molar-refractivity contribution is 5.76. The van der Waals surface area contributed by atoms with E-state index in [1.165, 1.54) is 25.7 Å². The summed E-state index contributed by atoms with van der Waals surface area (Å²) in [6, 6.07) is -0.0335. The van der Waals surface area contributed by atoms with Crippen molar-refractivity contribution in [2.45, 2.75) is 52.0 Å². The third-order valence-electron chi connectivity index (χ3n) is 3.36. The molecule has 15 heavy (non-hydrogen) atoms. The molecule has 0 aromatic carbocycles. The first-order valence-corrected chi connectivity index (χ1v) is 6.12. The van der Waals surface area contributed by atoms with Gasteiger partial charge in [0.2, 0.25) is 5.91 Å². The van der Waals surface area contributed by atoms with E-state index in [-0.39, 0.29) is 11.9 Å². The van der Waals surface area contributed by atoms with E-state index >= 15 is 0 Å². The molecule has 1 aliphatic rings. The average molecular weight is 212 g/mol. The molecule has 88 valence electrons. The fourth-order valence-electron chi connectivity index (χ4n) is 2.31. The predicted molar refractivity (Wildman–Crippen MR) is 62.4 cm³/mol. The van der Waals surface area contributed by atoms with E-state index in [2.05, 4.69) is 12.2 Å². The Morgan fingerprint density at radius 2 is 2.13 bits per heavy atom. The van der Waals surface area contributed by atoms with Crippen LogP contribution in [0, 0.1) is 11.8 Å². The van der Waals surface area contributed by atoms with Gasteiger partial charge in [-0.05, 0) is 25.2 Å². The molecular weight excluding hydrogens is 188 g/mol. The van der Waals surface area contributed by atoms with Crippen LogP contribution in [0.1, 0.15) is 46.0 Å². The lowest BCUT2D eigenvalue weighted by Crippen LogP contribution is -2.35. The van der Waals surface area contributed by atoms with Crippen molar-refractivity contribution in [1.82, 2.24) is 5.32 Å². The molecule has 0 radical (unpaired) electrons. The van der Waals surface area contributed by atoms with Crippen molar-refractivity contribution in [2.75, 3.05) is 6.54 Å². The maximum absolute atomic E-state index is 11.4. The molecule has 0 heterocycles. The summed E-state index contributed by atoms with van der Waals surface area (Å²) in [5.41, 5.74) is 5.57. The Bertz CT molecular complexity index is 204. The molecule has 3 atom stereocenters. The Balaban J connectivity index is 2.20. The number of rotatable bonds is 4. The number of carbonyl (C=O) groups excluding carboxylic acids is 1. The normalized spacial score (nSPS) is 28.5. The van der Waals surface area contributed by atoms with Gasteiger partial charge in [0.1, 0.15) is 0 Å². The lowest BCUT2D eigenvalue weighted by molar-refractivity contribution is -0.121. The number of hydrogen-bond acceptors (Lipinski definition) is 2. The Labute approximate surface area is 92.8 Å². The molecule has 3 N–H and O–H groups in total. The minimum absolute atomic E-state index is 0.0335. The molecule has 3 nitrogen and oxygen atoms in total. The van der Waals surface area contributed by atoms with Gasteiger partial charge in [0.15, 0.2) is 0 Å². The first kappa shape index (κ1) is 12.5. The summed E-state index contributed by atoms with van der Waals surface area (Å²) < 4.78 is 0. The third-order valence-corrected chi connectivity index (χ3v) is 3.36. The highest BCUT2D eigenvalue weighted by Crippen LogP contribution is 2.28. The first-order valence-electron chi connectivity index (χ1n) is 6.12. The van der Waals surface area contributed by atoms with Crippen LogP contribution in [0.3, 0.4) is 0 Å². The lowest BCUT2D eigenvalue weighted by Gasteiger charge is -2.28. The molecule has 1 amide bonds. The van der Waals surface area contributed by atoms with Crippen LogP contribution < -0.4 is 11.1 Å². The highest BCUT2D eigenvalue weighted by Gasteiger charge is 2.21. The number of nitrogens with two attached hydrogens (primary N) is 1. The standard InChI is InChI=1S/C12H24N2O/c1-9-5-3-4-6-11(9)8-14-12(15)7-10(2)13/h9-11H,3-8,13H2,1-2H3,(H,14,15). The van der Waals surface area contributed by atoms with Crippen molar-refractivity contribution in [1.29, 1.82) is 0 Å². The second-order valence-electron chi connectivity index (χ2n) is 5.01. The summed E-state index contributed by atoms with van der Waals surface area (Å²) in [7, 11) is 0. The van der Waals surface area contributed by atoms with Gasteiger partial charge in [0.25, 0.3) is 0 Å². The van der Waals surface area contributed by atoms with Crippen LogP contribution in [-0.2, 0) is 4.79 Å². The van der Waals surface area contributed by atoms with E-state index in [1.807, 2.05) is 6.92 Å². The average Bonchev–Trinajstić information content (AvgIpc) is 2.15. The van der Waals surface area contributed by atoms with Gasteiger partial charge in [-0.2, -0.15) is 0 Å². The van der Waals surface area contributed by atoms with Gasteiger partial charge in [-0.3, -0.25) is 4.79 Å². The lowest BCUT2D eigenvalue weighted by atomic mass is 9.80. The number of amides is 1. The molecule has 1 saturated carbocycles. The number of hydrogen-bond donors (Lipinski definition) is 2. The van der Waals surface area contributed by atoms with Crippen LogP contribution in [0.2, 0.25) is 0 Å². The molecule has 0 aromatic heterocycles. The Kier molecular flexibility index (Phi) is 5.09. The molecule has 1 fully saturated rings. The van der Waals surface area contributed by atoms with Crippen molar-refractivity contribution in [3.8, 4) is 0 Å². The summed E-state index contributed by atoms with van der Waals surface area (Å²) in [5, 5.41) is 3.00. The molecule has 1 rings (SSSR count). The maximum atomic E-state index is 11.4. The second-order valence-corrected chi connectivity index (χ2v) is 5.01. The zero-order valence-electron chi connectivity index (χ0n) is 9.96. The molecule has 3 unspecified atom stereocenters. The monoisotopic (exact) mass is 212 g/mol. The Hall–Kier alpha value is -0.570. The van der Waals surface area contributed by atoms with Gasteiger partial charge < -0.3 is 11.1 Å². The van der Waals surface area contributed by atoms with E-state index in [0.717, 1.165) is 12.5 Å². The topological polar surface area (TPSA) is 55.1 Å². The SMILES string of the molecule is CC(N)CC(=O)NCC1CCCCC1C. The van der Waals surface area contributed by atoms with Gasteiger partial charge >= 0.3 is 0 Å². The molecule has 1 aliphatic carbocycles. The van der Waals surface area contributed by atoms with E-state index in [4.69, 9.17) is 5.73 Å². The van der Waals surface area contributed by atoms with Crippen LogP contribution in [0.5, 0.6) is 0 Å². The van der Waals surface area contributed by atoms with Crippen LogP contribution in [0.25, 0.3) is 0 Å². The van der Waals surface area contributed by atoms with Crippen LogP contribution in [-0.4, -0.2) is 18.5 Å². The van der Waals surface area contributed by atoms with Gasteiger partial charge in [-0.1, -0.05) is 26.2 Å². The third kappa shape index (κ3) is 4.65. The molecule has 0 aromatic rings. The van der Waals surface area contributed by atoms with Crippen molar-refractivity contribution in [3.05, 3.63) is 0 Å². The Morgan fingerprint density at radius 1 is 1.47 bits per heavy atom. The predicted octanol–water partition coefficient (Wildman–Crippen LogP) is 1.67. The Morgan fingerprint density at radius 3 is 2.73 bits per heavy atom. The zero-order valence-corrected chi connectivity index (χ0v) is 9.96. The van der Waals surface area contributed by atoms with Crippen LogP contribution >= 0.6 is 0 Å². The largest absolute Gasteiger partial charge is 0.356 e. The van der Waals surface area contributed by atoms with E-state index in [0.29, 0.717) is 12.3 Å². The fourth-order valence-corrected chi connectivity index (χ4v) is 2.31. The fraction of sp³-hybridized carbons (Fsp3) is 0.917. The van der Waals surface area contributed by atoms with Gasteiger partial charge in [-0.15, -0.1) is 0 Å². The highest BCUT2D eigenvalue weighted by atomic mass is 16.1. The summed E-state index contributed by atoms with van der Waals surface area (Å²) in [4.78, 5) is 11.4. The molecule has 0 aliphatic heterocycles. The molecule has 3 heteroatoms. The van der Waals surface area contributed by atoms with E-state index < -0.39 is 0 Å².